The second-order valence-corrected chi connectivity index (χ2v) is 5.00. The summed E-state index contributed by atoms with van der Waals surface area (Å²) < 4.78 is 12.1. The first-order valence-electron chi connectivity index (χ1n) is 6.73. The number of carbonyl (C=O) groups is 1. The monoisotopic (exact) mass is 332 g/mol. The van der Waals surface area contributed by atoms with Gasteiger partial charge in [-0.3, -0.25) is 9.20 Å². The van der Waals surface area contributed by atoms with Crippen LogP contribution in [0.1, 0.15) is 0 Å². The zero-order chi connectivity index (χ0) is 16.2. The molecular formula is C15H13ClN4O3. The van der Waals surface area contributed by atoms with Gasteiger partial charge in [0.1, 0.15) is 5.75 Å². The smallest absolute Gasteiger partial charge is 0.322 e. The number of rotatable bonds is 5. The van der Waals surface area contributed by atoms with Gasteiger partial charge in [0, 0.05) is 11.9 Å². The number of hydrogen-bond acceptors (Lipinski definition) is 5. The number of nitrogens with one attached hydrogen (secondary N) is 1. The molecule has 1 amide bonds. The van der Waals surface area contributed by atoms with Crippen LogP contribution in [0.5, 0.6) is 11.8 Å². The van der Waals surface area contributed by atoms with Crippen molar-refractivity contribution in [1.29, 1.82) is 0 Å². The average Bonchev–Trinajstić information content (AvgIpc) is 2.96. The highest BCUT2D eigenvalue weighted by molar-refractivity contribution is 6.32. The molecule has 0 aliphatic rings. The van der Waals surface area contributed by atoms with Crippen molar-refractivity contribution in [3.8, 4) is 11.8 Å². The fraction of sp³-hybridized carbons (Fsp3) is 0.133. The van der Waals surface area contributed by atoms with E-state index in [0.29, 0.717) is 22.1 Å². The molecular weight excluding hydrogens is 320 g/mol. The molecule has 0 atom stereocenters. The first-order chi connectivity index (χ1) is 11.2. The number of carbonyl (C=O) groups excluding carboxylic acids is 1. The molecule has 0 spiro atoms. The first-order valence-corrected chi connectivity index (χ1v) is 7.11. The molecule has 1 aromatic carbocycles. The minimum Gasteiger partial charge on any atom is -0.495 e. The second kappa shape index (κ2) is 6.53. The molecule has 2 heterocycles. The number of methoxy groups -OCH3 is 1. The van der Waals surface area contributed by atoms with Gasteiger partial charge in [-0.15, -0.1) is 5.10 Å². The summed E-state index contributed by atoms with van der Waals surface area (Å²) in [5, 5.41) is 10.9. The maximum atomic E-state index is 11.9. The molecule has 0 radical (unpaired) electrons. The lowest BCUT2D eigenvalue weighted by Gasteiger charge is -2.08. The lowest BCUT2D eigenvalue weighted by atomic mass is 10.3. The minimum absolute atomic E-state index is 0.195. The summed E-state index contributed by atoms with van der Waals surface area (Å²) in [6.45, 7) is -0.195. The van der Waals surface area contributed by atoms with Crippen LogP contribution in [0.4, 0.5) is 5.69 Å². The number of nitrogens with zero attached hydrogens (tertiary/aromatic N) is 3. The Kier molecular flexibility index (Phi) is 4.29. The molecule has 1 N–H and O–H groups in total. The molecule has 118 valence electrons. The highest BCUT2D eigenvalue weighted by atomic mass is 35.5. The van der Waals surface area contributed by atoms with Crippen molar-refractivity contribution >= 4 is 28.8 Å². The summed E-state index contributed by atoms with van der Waals surface area (Å²) >= 11 is 6.01. The van der Waals surface area contributed by atoms with E-state index in [1.807, 2.05) is 12.1 Å². The van der Waals surface area contributed by atoms with E-state index in [1.165, 1.54) is 7.11 Å². The minimum atomic E-state index is -0.334. The Balaban J connectivity index is 1.62. The van der Waals surface area contributed by atoms with Gasteiger partial charge in [-0.25, -0.2) is 0 Å². The Morgan fingerprint density at radius 3 is 2.96 bits per heavy atom. The summed E-state index contributed by atoms with van der Waals surface area (Å²) in [4.78, 5) is 11.9. The molecule has 0 fully saturated rings. The first kappa shape index (κ1) is 15.1. The van der Waals surface area contributed by atoms with E-state index in [1.54, 1.807) is 34.9 Å². The van der Waals surface area contributed by atoms with Crippen molar-refractivity contribution in [2.75, 3.05) is 19.0 Å². The summed E-state index contributed by atoms with van der Waals surface area (Å²) in [5.74, 6) is 0.203. The zero-order valence-electron chi connectivity index (χ0n) is 12.2. The van der Waals surface area contributed by atoms with Gasteiger partial charge in [-0.2, -0.15) is 0 Å². The number of ether oxygens (including phenoxy) is 2. The van der Waals surface area contributed by atoms with Gasteiger partial charge >= 0.3 is 6.01 Å². The van der Waals surface area contributed by atoms with Gasteiger partial charge in [0.15, 0.2) is 12.3 Å². The van der Waals surface area contributed by atoms with Crippen LogP contribution in [0.3, 0.4) is 0 Å². The van der Waals surface area contributed by atoms with E-state index in [2.05, 4.69) is 15.5 Å². The summed E-state index contributed by atoms with van der Waals surface area (Å²) in [5.41, 5.74) is 1.19. The van der Waals surface area contributed by atoms with E-state index < -0.39 is 0 Å². The van der Waals surface area contributed by atoms with Crippen molar-refractivity contribution < 1.29 is 14.3 Å². The van der Waals surface area contributed by atoms with Crippen molar-refractivity contribution in [3.05, 3.63) is 47.6 Å². The highest BCUT2D eigenvalue weighted by Gasteiger charge is 2.10. The Morgan fingerprint density at radius 2 is 2.17 bits per heavy atom. The number of aromatic nitrogens is 3. The number of amides is 1. The zero-order valence-corrected chi connectivity index (χ0v) is 12.9. The van der Waals surface area contributed by atoms with Gasteiger partial charge in [0.2, 0.25) is 0 Å². The van der Waals surface area contributed by atoms with Crippen LogP contribution in [-0.4, -0.2) is 34.2 Å². The van der Waals surface area contributed by atoms with Gasteiger partial charge in [0.25, 0.3) is 5.91 Å². The van der Waals surface area contributed by atoms with Crippen LogP contribution in [-0.2, 0) is 4.79 Å². The predicted molar refractivity (Wildman–Crippen MR) is 85.1 cm³/mol. The molecule has 23 heavy (non-hydrogen) atoms. The molecule has 7 nitrogen and oxygen atoms in total. The third-order valence-corrected chi connectivity index (χ3v) is 3.35. The SMILES string of the molecule is COc1ccc(NC(=O)COc2nnc3ccccn23)cc1Cl. The largest absolute Gasteiger partial charge is 0.495 e. The van der Waals surface area contributed by atoms with Gasteiger partial charge < -0.3 is 14.8 Å². The number of hydrogen-bond donors (Lipinski definition) is 1. The van der Waals surface area contributed by atoms with E-state index in [-0.39, 0.29) is 18.5 Å². The van der Waals surface area contributed by atoms with Crippen molar-refractivity contribution in [2.24, 2.45) is 0 Å². The second-order valence-electron chi connectivity index (χ2n) is 4.60. The van der Waals surface area contributed by atoms with E-state index in [0.717, 1.165) is 0 Å². The van der Waals surface area contributed by atoms with Gasteiger partial charge in [-0.1, -0.05) is 22.8 Å². The quantitative estimate of drug-likeness (QED) is 0.776. The lowest BCUT2D eigenvalue weighted by Crippen LogP contribution is -2.20. The Hall–Kier alpha value is -2.80. The van der Waals surface area contributed by atoms with Gasteiger partial charge in [-0.05, 0) is 30.3 Å². The van der Waals surface area contributed by atoms with Gasteiger partial charge in [0.05, 0.1) is 12.1 Å². The predicted octanol–water partition coefficient (Wildman–Crippen LogP) is 2.41. The standard InChI is InChI=1S/C15H13ClN4O3/c1-22-12-6-5-10(8-11(12)16)17-14(21)9-23-15-19-18-13-4-2-3-7-20(13)15/h2-8H,9H2,1H3,(H,17,21). The molecule has 0 bridgehead atoms. The number of anilines is 1. The number of fused-ring (bicyclic) bond motifs is 1. The molecule has 0 saturated heterocycles. The Bertz CT molecular complexity index is 850. The van der Waals surface area contributed by atoms with E-state index in [4.69, 9.17) is 21.1 Å². The van der Waals surface area contributed by atoms with Crippen molar-refractivity contribution in [3.63, 3.8) is 0 Å². The van der Waals surface area contributed by atoms with E-state index >= 15 is 0 Å². The van der Waals surface area contributed by atoms with Crippen LogP contribution in [0.2, 0.25) is 5.02 Å². The highest BCUT2D eigenvalue weighted by Crippen LogP contribution is 2.27. The molecule has 0 aliphatic carbocycles. The molecule has 2 aromatic heterocycles. The van der Waals surface area contributed by atoms with Crippen LogP contribution >= 0.6 is 11.6 Å². The molecule has 8 heteroatoms. The average molecular weight is 333 g/mol. The topological polar surface area (TPSA) is 77.8 Å². The summed E-state index contributed by atoms with van der Waals surface area (Å²) in [6, 6.07) is 10.7. The molecule has 0 unspecified atom stereocenters. The third-order valence-electron chi connectivity index (χ3n) is 3.05. The lowest BCUT2D eigenvalue weighted by molar-refractivity contribution is -0.118. The van der Waals surface area contributed by atoms with Crippen LogP contribution in [0, 0.1) is 0 Å². The van der Waals surface area contributed by atoms with Crippen LogP contribution in [0.15, 0.2) is 42.6 Å². The summed E-state index contributed by atoms with van der Waals surface area (Å²) in [7, 11) is 1.52. The van der Waals surface area contributed by atoms with Crippen LogP contribution < -0.4 is 14.8 Å². The number of halogens is 1. The maximum Gasteiger partial charge on any atom is 0.322 e. The third kappa shape index (κ3) is 3.35. The molecule has 3 aromatic rings. The number of pyridine rings is 1. The normalized spacial score (nSPS) is 10.5. The number of benzene rings is 1. The fourth-order valence-corrected chi connectivity index (χ4v) is 2.25. The molecule has 0 saturated carbocycles. The van der Waals surface area contributed by atoms with Crippen LogP contribution in [0.25, 0.3) is 5.65 Å². The molecule has 3 rings (SSSR count). The Labute approximate surface area is 136 Å². The molecule has 0 aliphatic heterocycles. The Morgan fingerprint density at radius 1 is 1.30 bits per heavy atom. The fourth-order valence-electron chi connectivity index (χ4n) is 1.99. The van der Waals surface area contributed by atoms with E-state index in [9.17, 15) is 4.79 Å². The maximum absolute atomic E-state index is 11.9. The van der Waals surface area contributed by atoms with Crippen molar-refractivity contribution in [2.45, 2.75) is 0 Å². The summed E-state index contributed by atoms with van der Waals surface area (Å²) in [6.07, 6.45) is 1.76. The van der Waals surface area contributed by atoms with Crippen molar-refractivity contribution in [1.82, 2.24) is 14.6 Å².